The zero-order valence-electron chi connectivity index (χ0n) is 9.23. The van der Waals surface area contributed by atoms with Crippen LogP contribution in [0, 0.1) is 6.92 Å². The number of nitrogen functional groups attached to an aromatic ring is 1. The van der Waals surface area contributed by atoms with Crippen LogP contribution >= 0.6 is 23.1 Å². The predicted octanol–water partition coefficient (Wildman–Crippen LogP) is 1.94. The third kappa shape index (κ3) is 1.90. The second kappa shape index (κ2) is 4.25. The molecule has 0 amide bonds. The lowest BCUT2D eigenvalue weighted by Crippen LogP contribution is -2.12. The summed E-state index contributed by atoms with van der Waals surface area (Å²) in [5, 5.41) is 2.99. The van der Waals surface area contributed by atoms with Gasteiger partial charge in [-0.3, -0.25) is 0 Å². The van der Waals surface area contributed by atoms with E-state index < -0.39 is 0 Å². The van der Waals surface area contributed by atoms with Gasteiger partial charge in [0.1, 0.15) is 11.5 Å². The molecule has 2 aromatic heterocycles. The van der Waals surface area contributed by atoms with E-state index in [1.54, 1.807) is 11.3 Å². The molecule has 17 heavy (non-hydrogen) atoms. The van der Waals surface area contributed by atoms with E-state index in [0.29, 0.717) is 5.82 Å². The van der Waals surface area contributed by atoms with Gasteiger partial charge in [-0.15, -0.1) is 11.3 Å². The van der Waals surface area contributed by atoms with Crippen LogP contribution in [0.25, 0.3) is 11.5 Å². The molecule has 0 bridgehead atoms. The first kappa shape index (κ1) is 10.9. The highest BCUT2D eigenvalue weighted by Gasteiger charge is 2.20. The van der Waals surface area contributed by atoms with Gasteiger partial charge in [-0.2, -0.15) is 11.8 Å². The summed E-state index contributed by atoms with van der Waals surface area (Å²) in [4.78, 5) is 13.4. The molecule has 0 unspecified atom stereocenters. The zero-order chi connectivity index (χ0) is 11.8. The Labute approximate surface area is 107 Å². The van der Waals surface area contributed by atoms with Gasteiger partial charge in [0.2, 0.25) is 0 Å². The van der Waals surface area contributed by atoms with Crippen molar-refractivity contribution in [3.63, 3.8) is 0 Å². The van der Waals surface area contributed by atoms with E-state index in [9.17, 15) is 0 Å². The number of thioether (sulfide) groups is 1. The van der Waals surface area contributed by atoms with E-state index in [1.807, 2.05) is 24.1 Å². The summed E-state index contributed by atoms with van der Waals surface area (Å²) in [7, 11) is 0. The van der Waals surface area contributed by atoms with Crippen molar-refractivity contribution in [2.45, 2.75) is 18.4 Å². The Morgan fingerprint density at radius 1 is 1.29 bits per heavy atom. The molecule has 0 radical (unpaired) electrons. The summed E-state index contributed by atoms with van der Waals surface area (Å²) in [6, 6.07) is 0. The average Bonchev–Trinajstić information content (AvgIpc) is 2.95. The Morgan fingerprint density at radius 2 is 2.18 bits per heavy atom. The number of nitrogens with two attached hydrogens (primary N) is 1. The molecule has 5 nitrogen and oxygen atoms in total. The molecule has 3 heterocycles. The summed E-state index contributed by atoms with van der Waals surface area (Å²) in [5.41, 5.74) is 5.67. The van der Waals surface area contributed by atoms with Crippen LogP contribution in [-0.2, 0) is 11.5 Å². The fourth-order valence-electron chi connectivity index (χ4n) is 1.75. The average molecular weight is 265 g/mol. The molecule has 0 fully saturated rings. The molecule has 0 atom stereocenters. The minimum atomic E-state index is 0.656. The maximum atomic E-state index is 5.51. The van der Waals surface area contributed by atoms with E-state index in [1.165, 1.54) is 0 Å². The van der Waals surface area contributed by atoms with Crippen molar-refractivity contribution >= 4 is 28.9 Å². The third-order valence-corrected chi connectivity index (χ3v) is 4.31. The number of thiazole rings is 1. The lowest BCUT2D eigenvalue weighted by Gasteiger charge is -2.07. The number of aromatic nitrogens is 3. The van der Waals surface area contributed by atoms with Gasteiger partial charge >= 0.3 is 0 Å². The Morgan fingerprint density at radius 3 is 2.88 bits per heavy atom. The third-order valence-electron chi connectivity index (χ3n) is 2.56. The first-order chi connectivity index (χ1) is 8.28. The number of nitrogens with zero attached hydrogens (tertiary/aromatic N) is 3. The molecule has 0 aliphatic carbocycles. The van der Waals surface area contributed by atoms with Gasteiger partial charge in [0, 0.05) is 22.4 Å². The van der Waals surface area contributed by atoms with Crippen molar-refractivity contribution in [1.82, 2.24) is 15.0 Å². The standard InChI is InChI=1S/C10H11N5S2/c1-5-12-8(4-17-5)10-13-7-3-16-2-6(7)9(14-10)15-11/h4H,2-3,11H2,1H3,(H,13,14,15). The number of nitrogens with one attached hydrogen (secondary N) is 1. The minimum absolute atomic E-state index is 0.656. The molecule has 7 heteroatoms. The highest BCUT2D eigenvalue weighted by Crippen LogP contribution is 2.34. The number of anilines is 1. The van der Waals surface area contributed by atoms with Gasteiger partial charge < -0.3 is 5.43 Å². The zero-order valence-corrected chi connectivity index (χ0v) is 10.9. The lowest BCUT2D eigenvalue weighted by molar-refractivity contribution is 1.05. The number of hydrogen-bond acceptors (Lipinski definition) is 7. The molecule has 3 rings (SSSR count). The number of hydrogen-bond donors (Lipinski definition) is 2. The van der Waals surface area contributed by atoms with Gasteiger partial charge in [0.15, 0.2) is 5.82 Å². The normalized spacial score (nSPS) is 13.8. The minimum Gasteiger partial charge on any atom is -0.308 e. The van der Waals surface area contributed by atoms with E-state index in [4.69, 9.17) is 5.84 Å². The molecule has 0 saturated heterocycles. The maximum Gasteiger partial charge on any atom is 0.181 e. The van der Waals surface area contributed by atoms with Gasteiger partial charge in [0.05, 0.1) is 10.7 Å². The second-order valence-corrected chi connectivity index (χ2v) is 5.76. The molecule has 2 aromatic rings. The van der Waals surface area contributed by atoms with Crippen molar-refractivity contribution in [3.8, 4) is 11.5 Å². The molecular weight excluding hydrogens is 254 g/mol. The van der Waals surface area contributed by atoms with Gasteiger partial charge in [-0.05, 0) is 6.92 Å². The Hall–Kier alpha value is -1.18. The van der Waals surface area contributed by atoms with Crippen LogP contribution in [0.3, 0.4) is 0 Å². The first-order valence-electron chi connectivity index (χ1n) is 5.14. The number of aryl methyl sites for hydroxylation is 1. The number of hydrazine groups is 1. The second-order valence-electron chi connectivity index (χ2n) is 3.71. The fraction of sp³-hybridized carbons (Fsp3) is 0.300. The smallest absolute Gasteiger partial charge is 0.181 e. The van der Waals surface area contributed by atoms with E-state index >= 15 is 0 Å². The monoisotopic (exact) mass is 265 g/mol. The fourth-order valence-corrected chi connectivity index (χ4v) is 3.38. The molecule has 88 valence electrons. The SMILES string of the molecule is Cc1nc(-c2nc3c(c(NN)n2)CSC3)cs1. The maximum absolute atomic E-state index is 5.51. The van der Waals surface area contributed by atoms with Crippen LogP contribution < -0.4 is 11.3 Å². The topological polar surface area (TPSA) is 76.7 Å². The van der Waals surface area contributed by atoms with Crippen LogP contribution in [0.5, 0.6) is 0 Å². The number of rotatable bonds is 2. The molecular formula is C10H11N5S2. The Bertz CT molecular complexity index is 566. The molecule has 0 spiro atoms. The molecule has 3 N–H and O–H groups in total. The van der Waals surface area contributed by atoms with Crippen LogP contribution in [-0.4, -0.2) is 15.0 Å². The Balaban J connectivity index is 2.12. The van der Waals surface area contributed by atoms with E-state index in [-0.39, 0.29) is 0 Å². The Kier molecular flexibility index (Phi) is 2.73. The van der Waals surface area contributed by atoms with E-state index in [2.05, 4.69) is 20.4 Å². The molecule has 1 aliphatic rings. The molecule has 0 saturated carbocycles. The predicted molar refractivity (Wildman–Crippen MR) is 70.7 cm³/mol. The summed E-state index contributed by atoms with van der Waals surface area (Å²) >= 11 is 3.42. The quantitative estimate of drug-likeness (QED) is 0.638. The van der Waals surface area contributed by atoms with Gasteiger partial charge in [0.25, 0.3) is 0 Å². The van der Waals surface area contributed by atoms with Gasteiger partial charge in [-0.1, -0.05) is 0 Å². The first-order valence-corrected chi connectivity index (χ1v) is 7.18. The summed E-state index contributed by atoms with van der Waals surface area (Å²) in [5.74, 6) is 8.73. The summed E-state index contributed by atoms with van der Waals surface area (Å²) in [6.07, 6.45) is 0. The van der Waals surface area contributed by atoms with Crippen LogP contribution in [0.15, 0.2) is 5.38 Å². The van der Waals surface area contributed by atoms with Crippen molar-refractivity contribution < 1.29 is 0 Å². The van der Waals surface area contributed by atoms with Crippen LogP contribution in [0.1, 0.15) is 16.3 Å². The largest absolute Gasteiger partial charge is 0.308 e. The van der Waals surface area contributed by atoms with E-state index in [0.717, 1.165) is 39.3 Å². The van der Waals surface area contributed by atoms with Gasteiger partial charge in [-0.25, -0.2) is 20.8 Å². The highest BCUT2D eigenvalue weighted by atomic mass is 32.2. The molecule has 1 aliphatic heterocycles. The summed E-state index contributed by atoms with van der Waals surface area (Å²) < 4.78 is 0. The highest BCUT2D eigenvalue weighted by molar-refractivity contribution is 7.98. The summed E-state index contributed by atoms with van der Waals surface area (Å²) in [6.45, 7) is 1.97. The van der Waals surface area contributed by atoms with Crippen molar-refractivity contribution in [3.05, 3.63) is 21.6 Å². The van der Waals surface area contributed by atoms with Crippen molar-refractivity contribution in [1.29, 1.82) is 0 Å². The number of fused-ring (bicyclic) bond motifs is 1. The van der Waals surface area contributed by atoms with Crippen molar-refractivity contribution in [2.24, 2.45) is 5.84 Å². The lowest BCUT2D eigenvalue weighted by atomic mass is 10.2. The van der Waals surface area contributed by atoms with Crippen molar-refractivity contribution in [2.75, 3.05) is 5.43 Å². The molecule has 0 aromatic carbocycles. The van der Waals surface area contributed by atoms with Crippen LogP contribution in [0.4, 0.5) is 5.82 Å². The van der Waals surface area contributed by atoms with Crippen LogP contribution in [0.2, 0.25) is 0 Å².